The molecule has 0 spiro atoms. The van der Waals surface area contributed by atoms with Crippen LogP contribution in [0, 0.1) is 0 Å². The van der Waals surface area contributed by atoms with E-state index in [1.807, 2.05) is 12.1 Å². The molecule has 0 aromatic heterocycles. The number of amides is 2. The molecule has 0 saturated heterocycles. The Hall–Kier alpha value is -2.46. The van der Waals surface area contributed by atoms with Gasteiger partial charge in [0.1, 0.15) is 0 Å². The Morgan fingerprint density at radius 3 is 2.67 bits per heavy atom. The molecule has 2 aromatic carbocycles. The number of carbonyl (C=O) groups is 2. The molecule has 0 saturated carbocycles. The zero-order valence-corrected chi connectivity index (χ0v) is 13.5. The zero-order chi connectivity index (χ0) is 16.5. The fourth-order valence-electron chi connectivity index (χ4n) is 3.74. The first-order valence-corrected chi connectivity index (χ1v) is 8.49. The lowest BCUT2D eigenvalue weighted by atomic mass is 9.97. The summed E-state index contributed by atoms with van der Waals surface area (Å²) in [5, 5.41) is 2.39. The van der Waals surface area contributed by atoms with Crippen molar-refractivity contribution in [3.05, 3.63) is 70.3 Å². The largest absolute Gasteiger partial charge is 0.299 e. The number of fused-ring (bicyclic) bond motifs is 2. The Bertz CT molecular complexity index is 813. The fourth-order valence-corrected chi connectivity index (χ4v) is 3.74. The molecule has 24 heavy (non-hydrogen) atoms. The number of hydrogen-bond acceptors (Lipinski definition) is 3. The van der Waals surface area contributed by atoms with Crippen molar-refractivity contribution >= 4 is 11.8 Å². The molecule has 0 radical (unpaired) electrons. The van der Waals surface area contributed by atoms with E-state index in [2.05, 4.69) is 34.5 Å². The number of benzene rings is 2. The van der Waals surface area contributed by atoms with Crippen molar-refractivity contribution in [1.29, 1.82) is 0 Å². The standard InChI is InChI=1S/C20H20N2O2/c23-19-17-9-3-7-15(18(17)20(24)21-19)8-4-11-22-12-10-14-5-1-2-6-16(14)13-22/h1-3,5-7,9H,4,8,10-13H2,(H,21,23,24). The fraction of sp³-hybridized carbons (Fsp3) is 0.300. The molecule has 0 atom stereocenters. The summed E-state index contributed by atoms with van der Waals surface area (Å²) in [7, 11) is 0. The molecule has 1 N–H and O–H groups in total. The molecule has 2 aliphatic rings. The van der Waals surface area contributed by atoms with E-state index in [9.17, 15) is 9.59 Å². The summed E-state index contributed by atoms with van der Waals surface area (Å²) in [6, 6.07) is 14.2. The second-order valence-electron chi connectivity index (χ2n) is 6.52. The van der Waals surface area contributed by atoms with E-state index in [-0.39, 0.29) is 11.8 Å². The highest BCUT2D eigenvalue weighted by Gasteiger charge is 2.28. The van der Waals surface area contributed by atoms with Crippen molar-refractivity contribution < 1.29 is 9.59 Å². The first-order chi connectivity index (χ1) is 11.7. The Morgan fingerprint density at radius 1 is 0.958 bits per heavy atom. The van der Waals surface area contributed by atoms with Gasteiger partial charge in [0.15, 0.2) is 0 Å². The molecule has 2 aliphatic heterocycles. The normalized spacial score (nSPS) is 16.7. The molecule has 4 rings (SSSR count). The first-order valence-electron chi connectivity index (χ1n) is 8.49. The van der Waals surface area contributed by atoms with E-state index in [1.54, 1.807) is 6.07 Å². The highest BCUT2D eigenvalue weighted by molar-refractivity contribution is 6.22. The van der Waals surface area contributed by atoms with Crippen molar-refractivity contribution in [2.24, 2.45) is 0 Å². The molecule has 2 aromatic rings. The molecule has 0 fully saturated rings. The SMILES string of the molecule is O=C1NC(=O)c2c(CCCN3CCc4ccccc4C3)cccc21. The third-order valence-electron chi connectivity index (χ3n) is 4.98. The van der Waals surface area contributed by atoms with Crippen LogP contribution >= 0.6 is 0 Å². The summed E-state index contributed by atoms with van der Waals surface area (Å²) in [6.45, 7) is 3.10. The van der Waals surface area contributed by atoms with Crippen LogP contribution in [0.4, 0.5) is 0 Å². The maximum atomic E-state index is 12.0. The maximum absolute atomic E-state index is 12.0. The minimum Gasteiger partial charge on any atom is -0.299 e. The van der Waals surface area contributed by atoms with Crippen LogP contribution in [-0.2, 0) is 19.4 Å². The maximum Gasteiger partial charge on any atom is 0.259 e. The smallest absolute Gasteiger partial charge is 0.259 e. The van der Waals surface area contributed by atoms with E-state index in [0.717, 1.165) is 44.5 Å². The van der Waals surface area contributed by atoms with Gasteiger partial charge in [0, 0.05) is 13.1 Å². The number of hydrogen-bond donors (Lipinski definition) is 1. The van der Waals surface area contributed by atoms with Gasteiger partial charge in [0.2, 0.25) is 0 Å². The van der Waals surface area contributed by atoms with E-state index < -0.39 is 0 Å². The van der Waals surface area contributed by atoms with Gasteiger partial charge in [-0.15, -0.1) is 0 Å². The van der Waals surface area contributed by atoms with Crippen LogP contribution in [0.2, 0.25) is 0 Å². The van der Waals surface area contributed by atoms with Gasteiger partial charge in [-0.25, -0.2) is 0 Å². The third kappa shape index (κ3) is 2.74. The van der Waals surface area contributed by atoms with Gasteiger partial charge in [0.05, 0.1) is 11.1 Å². The van der Waals surface area contributed by atoms with Crippen LogP contribution in [0.25, 0.3) is 0 Å². The Morgan fingerprint density at radius 2 is 1.79 bits per heavy atom. The number of nitrogens with zero attached hydrogens (tertiary/aromatic N) is 1. The number of carbonyl (C=O) groups excluding carboxylic acids is 2. The van der Waals surface area contributed by atoms with E-state index in [0.29, 0.717) is 11.1 Å². The predicted molar refractivity (Wildman–Crippen MR) is 92.0 cm³/mol. The predicted octanol–water partition coefficient (Wildman–Crippen LogP) is 2.56. The second kappa shape index (κ2) is 6.21. The number of nitrogens with one attached hydrogen (secondary N) is 1. The van der Waals surface area contributed by atoms with E-state index in [4.69, 9.17) is 0 Å². The minimum absolute atomic E-state index is 0.252. The van der Waals surface area contributed by atoms with Gasteiger partial charge in [-0.2, -0.15) is 0 Å². The van der Waals surface area contributed by atoms with Gasteiger partial charge >= 0.3 is 0 Å². The van der Waals surface area contributed by atoms with Crippen LogP contribution in [0.1, 0.15) is 43.8 Å². The summed E-state index contributed by atoms with van der Waals surface area (Å²) in [4.78, 5) is 26.2. The Balaban J connectivity index is 1.39. The summed E-state index contributed by atoms with van der Waals surface area (Å²) >= 11 is 0. The van der Waals surface area contributed by atoms with Gasteiger partial charge in [-0.05, 0) is 48.6 Å². The highest BCUT2D eigenvalue weighted by atomic mass is 16.2. The minimum atomic E-state index is -0.274. The molecule has 0 unspecified atom stereocenters. The highest BCUT2D eigenvalue weighted by Crippen LogP contribution is 2.22. The Kier molecular flexibility index (Phi) is 3.90. The summed E-state index contributed by atoms with van der Waals surface area (Å²) < 4.78 is 0. The van der Waals surface area contributed by atoms with Crippen molar-refractivity contribution in [3.8, 4) is 0 Å². The lowest BCUT2D eigenvalue weighted by Gasteiger charge is -2.28. The first kappa shape index (κ1) is 15.1. The molecule has 2 heterocycles. The van der Waals surface area contributed by atoms with Gasteiger partial charge in [-0.1, -0.05) is 36.4 Å². The van der Waals surface area contributed by atoms with Crippen LogP contribution in [0.15, 0.2) is 42.5 Å². The molecule has 122 valence electrons. The van der Waals surface area contributed by atoms with Gasteiger partial charge in [-0.3, -0.25) is 19.8 Å². The summed E-state index contributed by atoms with van der Waals surface area (Å²) in [5.74, 6) is -0.526. The zero-order valence-electron chi connectivity index (χ0n) is 13.5. The lowest BCUT2D eigenvalue weighted by Crippen LogP contribution is -2.31. The average molecular weight is 320 g/mol. The second-order valence-corrected chi connectivity index (χ2v) is 6.52. The van der Waals surface area contributed by atoms with Crippen molar-refractivity contribution in [2.45, 2.75) is 25.8 Å². The van der Waals surface area contributed by atoms with Gasteiger partial charge < -0.3 is 0 Å². The van der Waals surface area contributed by atoms with Gasteiger partial charge in [0.25, 0.3) is 11.8 Å². The monoisotopic (exact) mass is 320 g/mol. The molecule has 0 bridgehead atoms. The molecular weight excluding hydrogens is 300 g/mol. The number of rotatable bonds is 4. The average Bonchev–Trinajstić information content (AvgIpc) is 2.90. The summed E-state index contributed by atoms with van der Waals surface area (Å²) in [5.41, 5.74) is 4.96. The molecule has 2 amide bonds. The quantitative estimate of drug-likeness (QED) is 0.881. The third-order valence-corrected chi connectivity index (χ3v) is 4.98. The van der Waals surface area contributed by atoms with Crippen LogP contribution in [0.5, 0.6) is 0 Å². The topological polar surface area (TPSA) is 49.4 Å². The van der Waals surface area contributed by atoms with Crippen LogP contribution in [-0.4, -0.2) is 29.8 Å². The number of imide groups is 1. The van der Waals surface area contributed by atoms with Crippen molar-refractivity contribution in [3.63, 3.8) is 0 Å². The molecule has 0 aliphatic carbocycles. The Labute approximate surface area is 141 Å². The summed E-state index contributed by atoms with van der Waals surface area (Å²) in [6.07, 6.45) is 2.91. The molecular formula is C20H20N2O2. The van der Waals surface area contributed by atoms with E-state index in [1.165, 1.54) is 11.1 Å². The molecule has 4 nitrogen and oxygen atoms in total. The van der Waals surface area contributed by atoms with Crippen molar-refractivity contribution in [1.82, 2.24) is 10.2 Å². The number of aryl methyl sites for hydroxylation is 1. The van der Waals surface area contributed by atoms with Crippen LogP contribution in [0.3, 0.4) is 0 Å². The van der Waals surface area contributed by atoms with Crippen molar-refractivity contribution in [2.75, 3.05) is 13.1 Å². The lowest BCUT2D eigenvalue weighted by molar-refractivity contribution is 0.0879. The molecule has 4 heteroatoms. The van der Waals surface area contributed by atoms with Crippen LogP contribution < -0.4 is 5.32 Å². The van der Waals surface area contributed by atoms with E-state index >= 15 is 0 Å².